The molecule has 0 radical (unpaired) electrons. The Morgan fingerprint density at radius 2 is 1.88 bits per heavy atom. The van der Waals surface area contributed by atoms with Gasteiger partial charge >= 0.3 is 0 Å². The molecule has 2 aromatic rings. The lowest BCUT2D eigenvalue weighted by molar-refractivity contribution is -0.199. The zero-order valence-corrected chi connectivity index (χ0v) is 15.1. The van der Waals surface area contributed by atoms with Crippen LogP contribution in [0.2, 0.25) is 0 Å². The predicted molar refractivity (Wildman–Crippen MR) is 96.3 cm³/mol. The number of aryl methyl sites for hydroxylation is 1. The molecule has 1 aromatic heterocycles. The summed E-state index contributed by atoms with van der Waals surface area (Å²) >= 11 is 0. The predicted octanol–water partition coefficient (Wildman–Crippen LogP) is 3.83. The first kappa shape index (κ1) is 15.6. The molecule has 0 amide bonds. The van der Waals surface area contributed by atoms with E-state index in [0.717, 1.165) is 38.9 Å². The Labute approximate surface area is 149 Å². The lowest BCUT2D eigenvalue weighted by Crippen LogP contribution is -2.49. The number of hydrogen-bond acceptors (Lipinski definition) is 3. The van der Waals surface area contributed by atoms with E-state index >= 15 is 0 Å². The highest BCUT2D eigenvalue weighted by atomic mass is 16.7. The van der Waals surface area contributed by atoms with Gasteiger partial charge in [0.25, 0.3) is 0 Å². The van der Waals surface area contributed by atoms with E-state index in [4.69, 9.17) is 14.6 Å². The van der Waals surface area contributed by atoms with Crippen molar-refractivity contribution in [3.8, 4) is 11.3 Å². The molecule has 3 aliphatic rings. The molecule has 0 bridgehead atoms. The monoisotopic (exact) mass is 338 g/mol. The highest BCUT2D eigenvalue weighted by Crippen LogP contribution is 2.54. The van der Waals surface area contributed by atoms with Crippen molar-refractivity contribution in [2.24, 2.45) is 13.0 Å². The number of aromatic nitrogens is 2. The number of fused-ring (bicyclic) bond motifs is 3. The Kier molecular flexibility index (Phi) is 3.38. The van der Waals surface area contributed by atoms with Crippen molar-refractivity contribution in [1.82, 2.24) is 9.78 Å². The number of rotatable bonds is 1. The van der Waals surface area contributed by atoms with Crippen molar-refractivity contribution < 1.29 is 9.47 Å². The maximum atomic E-state index is 6.01. The SMILES string of the molecule is Cn1nc2c(c1-c1ccccc1)CCC1CC3(CCC21C)OCCO3. The van der Waals surface area contributed by atoms with Gasteiger partial charge in [-0.3, -0.25) is 4.68 Å². The van der Waals surface area contributed by atoms with Crippen LogP contribution in [0.4, 0.5) is 0 Å². The van der Waals surface area contributed by atoms with E-state index in [1.54, 1.807) is 0 Å². The maximum Gasteiger partial charge on any atom is 0.168 e. The van der Waals surface area contributed by atoms with Crippen LogP contribution in [0.15, 0.2) is 30.3 Å². The molecule has 2 unspecified atom stereocenters. The third kappa shape index (κ3) is 2.24. The van der Waals surface area contributed by atoms with E-state index in [2.05, 4.69) is 49.0 Å². The number of nitrogens with zero attached hydrogens (tertiary/aromatic N) is 2. The molecule has 132 valence electrons. The molecule has 2 aliphatic carbocycles. The number of benzene rings is 1. The quantitative estimate of drug-likeness (QED) is 0.793. The largest absolute Gasteiger partial charge is 0.348 e. The molecule has 2 heterocycles. The maximum absolute atomic E-state index is 6.01. The van der Waals surface area contributed by atoms with Gasteiger partial charge in [-0.2, -0.15) is 5.10 Å². The van der Waals surface area contributed by atoms with Crippen LogP contribution in [0.1, 0.15) is 43.9 Å². The van der Waals surface area contributed by atoms with Crippen molar-refractivity contribution in [2.45, 2.75) is 50.2 Å². The second kappa shape index (κ2) is 5.42. The molecule has 2 atom stereocenters. The average molecular weight is 338 g/mol. The van der Waals surface area contributed by atoms with Gasteiger partial charge in [0.1, 0.15) is 0 Å². The highest BCUT2D eigenvalue weighted by Gasteiger charge is 2.53. The summed E-state index contributed by atoms with van der Waals surface area (Å²) < 4.78 is 14.1. The van der Waals surface area contributed by atoms with Crippen LogP contribution in [-0.4, -0.2) is 28.8 Å². The van der Waals surface area contributed by atoms with Crippen molar-refractivity contribution in [3.05, 3.63) is 41.6 Å². The number of hydrogen-bond donors (Lipinski definition) is 0. The summed E-state index contributed by atoms with van der Waals surface area (Å²) in [7, 11) is 2.09. The van der Waals surface area contributed by atoms with Gasteiger partial charge in [0, 0.05) is 36.4 Å². The normalized spacial score (nSPS) is 30.2. The first-order chi connectivity index (χ1) is 12.1. The van der Waals surface area contributed by atoms with Gasteiger partial charge in [-0.05, 0) is 25.2 Å². The summed E-state index contributed by atoms with van der Waals surface area (Å²) in [6, 6.07) is 10.7. The topological polar surface area (TPSA) is 36.3 Å². The standard InChI is InChI=1S/C21H26N2O2/c1-20-10-11-21(24-12-13-25-21)14-16(20)8-9-17-18(23(2)22-19(17)20)15-6-4-3-5-7-15/h3-7,16H,8-14H2,1-2H3. The van der Waals surface area contributed by atoms with E-state index < -0.39 is 0 Å². The lowest BCUT2D eigenvalue weighted by atomic mass is 9.58. The van der Waals surface area contributed by atoms with Crippen molar-refractivity contribution >= 4 is 0 Å². The molecule has 1 spiro atoms. The third-order valence-electron chi connectivity index (χ3n) is 6.77. The summed E-state index contributed by atoms with van der Waals surface area (Å²) in [4.78, 5) is 0. The molecule has 1 saturated carbocycles. The Hall–Kier alpha value is -1.65. The van der Waals surface area contributed by atoms with E-state index in [1.807, 2.05) is 0 Å². The van der Waals surface area contributed by atoms with Gasteiger partial charge in [-0.1, -0.05) is 37.3 Å². The minimum Gasteiger partial charge on any atom is -0.348 e. The minimum atomic E-state index is -0.307. The fraction of sp³-hybridized carbons (Fsp3) is 0.571. The molecular formula is C21H26N2O2. The van der Waals surface area contributed by atoms with Crippen molar-refractivity contribution in [3.63, 3.8) is 0 Å². The first-order valence-corrected chi connectivity index (χ1v) is 9.51. The van der Waals surface area contributed by atoms with Gasteiger partial charge in [0.15, 0.2) is 5.79 Å². The summed E-state index contributed by atoms with van der Waals surface area (Å²) in [6.07, 6.45) is 5.39. The molecule has 5 rings (SSSR count). The Morgan fingerprint density at radius 3 is 2.64 bits per heavy atom. The molecule has 1 saturated heterocycles. The summed E-state index contributed by atoms with van der Waals surface area (Å²) in [6.45, 7) is 3.91. The van der Waals surface area contributed by atoms with Gasteiger partial charge < -0.3 is 9.47 Å². The van der Waals surface area contributed by atoms with Gasteiger partial charge in [0.05, 0.1) is 24.6 Å². The zero-order valence-electron chi connectivity index (χ0n) is 15.1. The van der Waals surface area contributed by atoms with E-state index in [0.29, 0.717) is 5.92 Å². The molecule has 1 aliphatic heterocycles. The van der Waals surface area contributed by atoms with Crippen LogP contribution >= 0.6 is 0 Å². The molecule has 0 N–H and O–H groups in total. The molecule has 4 heteroatoms. The second-order valence-corrected chi connectivity index (χ2v) is 8.13. The molecule has 25 heavy (non-hydrogen) atoms. The second-order valence-electron chi connectivity index (χ2n) is 8.13. The van der Waals surface area contributed by atoms with Gasteiger partial charge in [-0.15, -0.1) is 0 Å². The Morgan fingerprint density at radius 1 is 1.12 bits per heavy atom. The summed E-state index contributed by atoms with van der Waals surface area (Å²) in [5.74, 6) is 0.281. The van der Waals surface area contributed by atoms with Crippen LogP contribution < -0.4 is 0 Å². The van der Waals surface area contributed by atoms with Crippen LogP contribution in [0.5, 0.6) is 0 Å². The fourth-order valence-electron chi connectivity index (χ4n) is 5.39. The van der Waals surface area contributed by atoms with Crippen LogP contribution in [-0.2, 0) is 28.4 Å². The van der Waals surface area contributed by atoms with E-state index in [1.165, 1.54) is 28.9 Å². The Bertz CT molecular complexity index is 792. The lowest BCUT2D eigenvalue weighted by Gasteiger charge is -2.49. The first-order valence-electron chi connectivity index (χ1n) is 9.51. The van der Waals surface area contributed by atoms with E-state index in [-0.39, 0.29) is 11.2 Å². The zero-order chi connectivity index (χ0) is 17.1. The third-order valence-corrected chi connectivity index (χ3v) is 6.77. The van der Waals surface area contributed by atoms with Crippen LogP contribution in [0.25, 0.3) is 11.3 Å². The summed E-state index contributed by atoms with van der Waals surface area (Å²) in [5.41, 5.74) is 5.48. The van der Waals surface area contributed by atoms with Gasteiger partial charge in [0.2, 0.25) is 0 Å². The van der Waals surface area contributed by atoms with Crippen molar-refractivity contribution in [2.75, 3.05) is 13.2 Å². The van der Waals surface area contributed by atoms with Crippen LogP contribution in [0, 0.1) is 5.92 Å². The molecule has 4 nitrogen and oxygen atoms in total. The molecule has 1 aromatic carbocycles. The smallest absolute Gasteiger partial charge is 0.168 e. The fourth-order valence-corrected chi connectivity index (χ4v) is 5.39. The van der Waals surface area contributed by atoms with E-state index in [9.17, 15) is 0 Å². The molecule has 2 fully saturated rings. The molecular weight excluding hydrogens is 312 g/mol. The Balaban J connectivity index is 1.56. The summed E-state index contributed by atoms with van der Waals surface area (Å²) in [5, 5.41) is 5.03. The van der Waals surface area contributed by atoms with Gasteiger partial charge in [-0.25, -0.2) is 0 Å². The number of ether oxygens (including phenoxy) is 2. The minimum absolute atomic E-state index is 0.138. The highest BCUT2D eigenvalue weighted by molar-refractivity contribution is 5.66. The average Bonchev–Trinajstić information content (AvgIpc) is 3.21. The van der Waals surface area contributed by atoms with Crippen LogP contribution in [0.3, 0.4) is 0 Å². The van der Waals surface area contributed by atoms with Crippen molar-refractivity contribution in [1.29, 1.82) is 0 Å².